The average Bonchev–Trinajstić information content (AvgIpc) is 2.55. The molecule has 0 bridgehead atoms. The minimum Gasteiger partial charge on any atom is -0.379 e. The maximum absolute atomic E-state index is 11.0. The first-order valence-electron chi connectivity index (χ1n) is 7.74. The Balaban J connectivity index is 1.78. The van der Waals surface area contributed by atoms with Gasteiger partial charge in [0.25, 0.3) is 5.69 Å². The van der Waals surface area contributed by atoms with Crippen molar-refractivity contribution in [1.29, 1.82) is 5.26 Å². The molecule has 1 saturated carbocycles. The van der Waals surface area contributed by atoms with Crippen LogP contribution >= 0.6 is 0 Å². The Morgan fingerprint density at radius 1 is 1.36 bits per heavy atom. The molecule has 0 atom stereocenters. The number of benzene rings is 1. The molecule has 0 unspecified atom stereocenters. The van der Waals surface area contributed by atoms with Crippen molar-refractivity contribution in [2.75, 3.05) is 18.5 Å². The number of rotatable bonds is 7. The van der Waals surface area contributed by atoms with Gasteiger partial charge in [0, 0.05) is 19.2 Å². The highest BCUT2D eigenvalue weighted by atomic mass is 16.6. The van der Waals surface area contributed by atoms with Gasteiger partial charge in [-0.05, 0) is 31.4 Å². The van der Waals surface area contributed by atoms with Crippen LogP contribution in [0.1, 0.15) is 44.1 Å². The predicted octanol–water partition coefficient (Wildman–Crippen LogP) is 3.62. The highest BCUT2D eigenvalue weighted by Gasteiger charge is 2.15. The van der Waals surface area contributed by atoms with E-state index in [0.29, 0.717) is 30.5 Å². The number of nitrogens with one attached hydrogen (secondary N) is 1. The van der Waals surface area contributed by atoms with Crippen molar-refractivity contribution in [1.82, 2.24) is 0 Å². The summed E-state index contributed by atoms with van der Waals surface area (Å²) in [5, 5.41) is 22.9. The number of hydrogen-bond donors (Lipinski definition) is 1. The Bertz CT molecular complexity index is 548. The minimum atomic E-state index is -0.442. The number of hydrogen-bond acceptors (Lipinski definition) is 5. The van der Waals surface area contributed by atoms with Crippen LogP contribution in [-0.2, 0) is 4.74 Å². The molecule has 6 heteroatoms. The first-order chi connectivity index (χ1) is 10.7. The fourth-order valence-corrected chi connectivity index (χ4v) is 2.68. The van der Waals surface area contributed by atoms with Gasteiger partial charge in [-0.2, -0.15) is 5.26 Å². The second-order valence-corrected chi connectivity index (χ2v) is 5.51. The molecular weight excluding hydrogens is 282 g/mol. The first-order valence-corrected chi connectivity index (χ1v) is 7.74. The van der Waals surface area contributed by atoms with Gasteiger partial charge in [0.05, 0.1) is 22.7 Å². The lowest BCUT2D eigenvalue weighted by atomic mass is 9.98. The van der Waals surface area contributed by atoms with Crippen molar-refractivity contribution >= 4 is 11.4 Å². The fourth-order valence-electron chi connectivity index (χ4n) is 2.68. The van der Waals surface area contributed by atoms with Crippen LogP contribution in [0.15, 0.2) is 18.2 Å². The molecule has 0 heterocycles. The number of nitro groups is 1. The van der Waals surface area contributed by atoms with Crippen molar-refractivity contribution < 1.29 is 9.66 Å². The van der Waals surface area contributed by atoms with Crippen molar-refractivity contribution in [3.8, 4) is 6.07 Å². The van der Waals surface area contributed by atoms with E-state index in [2.05, 4.69) is 5.32 Å². The topological polar surface area (TPSA) is 88.2 Å². The van der Waals surface area contributed by atoms with Crippen LogP contribution < -0.4 is 5.32 Å². The van der Waals surface area contributed by atoms with Gasteiger partial charge in [0.2, 0.25) is 0 Å². The van der Waals surface area contributed by atoms with Crippen LogP contribution in [0.4, 0.5) is 11.4 Å². The van der Waals surface area contributed by atoms with Crippen molar-refractivity contribution in [3.05, 3.63) is 33.9 Å². The molecule has 0 amide bonds. The second-order valence-electron chi connectivity index (χ2n) is 5.51. The number of nitro benzene ring substituents is 1. The van der Waals surface area contributed by atoms with Gasteiger partial charge in [-0.1, -0.05) is 19.3 Å². The van der Waals surface area contributed by atoms with Gasteiger partial charge in [-0.3, -0.25) is 10.1 Å². The number of anilines is 1. The van der Waals surface area contributed by atoms with E-state index in [1.807, 2.05) is 6.07 Å². The highest BCUT2D eigenvalue weighted by molar-refractivity contribution is 5.64. The molecular formula is C16H21N3O3. The third-order valence-electron chi connectivity index (χ3n) is 3.86. The van der Waals surface area contributed by atoms with Crippen LogP contribution in [0, 0.1) is 21.4 Å². The normalized spacial score (nSPS) is 15.2. The molecule has 0 aliphatic heterocycles. The Kier molecular flexibility index (Phi) is 6.16. The van der Waals surface area contributed by atoms with E-state index in [-0.39, 0.29) is 5.69 Å². The Hall–Kier alpha value is -2.13. The smallest absolute Gasteiger partial charge is 0.292 e. The largest absolute Gasteiger partial charge is 0.379 e. The monoisotopic (exact) mass is 303 g/mol. The lowest BCUT2D eigenvalue weighted by molar-refractivity contribution is -0.384. The van der Waals surface area contributed by atoms with Crippen molar-refractivity contribution in [2.45, 2.75) is 44.6 Å². The lowest BCUT2D eigenvalue weighted by Gasteiger charge is -2.22. The van der Waals surface area contributed by atoms with E-state index in [0.717, 1.165) is 19.3 Å². The van der Waals surface area contributed by atoms with Crippen LogP contribution in [0.2, 0.25) is 0 Å². The standard InChI is InChI=1S/C16H21N3O3/c17-12-13-7-8-16(19(20)21)15(11-13)18-9-4-10-22-14-5-2-1-3-6-14/h7-8,11,14,18H,1-6,9-10H2. The van der Waals surface area contributed by atoms with Crippen LogP contribution in [0.25, 0.3) is 0 Å². The molecule has 1 aliphatic rings. The van der Waals surface area contributed by atoms with Gasteiger partial charge in [-0.15, -0.1) is 0 Å². The summed E-state index contributed by atoms with van der Waals surface area (Å²) in [6, 6.07) is 6.32. The number of nitriles is 1. The fraction of sp³-hybridized carbons (Fsp3) is 0.562. The van der Waals surface area contributed by atoms with Gasteiger partial charge < -0.3 is 10.1 Å². The quantitative estimate of drug-likeness (QED) is 0.472. The molecule has 0 aromatic heterocycles. The summed E-state index contributed by atoms with van der Waals surface area (Å²) < 4.78 is 5.82. The molecule has 6 nitrogen and oxygen atoms in total. The van der Waals surface area contributed by atoms with Gasteiger partial charge in [-0.25, -0.2) is 0 Å². The summed E-state index contributed by atoms with van der Waals surface area (Å²) >= 11 is 0. The third-order valence-corrected chi connectivity index (χ3v) is 3.86. The average molecular weight is 303 g/mol. The summed E-state index contributed by atoms with van der Waals surface area (Å²) in [5.41, 5.74) is 0.792. The molecule has 1 aliphatic carbocycles. The molecule has 2 rings (SSSR count). The van der Waals surface area contributed by atoms with E-state index in [4.69, 9.17) is 10.00 Å². The summed E-state index contributed by atoms with van der Waals surface area (Å²) in [6.45, 7) is 1.24. The summed E-state index contributed by atoms with van der Waals surface area (Å²) in [6.07, 6.45) is 7.24. The van der Waals surface area contributed by atoms with Crippen LogP contribution in [0.3, 0.4) is 0 Å². The van der Waals surface area contributed by atoms with Crippen molar-refractivity contribution in [2.24, 2.45) is 0 Å². The molecule has 1 aromatic rings. The minimum absolute atomic E-state index is 0.00722. The SMILES string of the molecule is N#Cc1ccc([N+](=O)[O-])c(NCCCOC2CCCCC2)c1. The summed E-state index contributed by atoms with van der Waals surface area (Å²) in [5.74, 6) is 0. The van der Waals surface area contributed by atoms with Gasteiger partial charge >= 0.3 is 0 Å². The first kappa shape index (κ1) is 16.2. The molecule has 1 aromatic carbocycles. The predicted molar refractivity (Wildman–Crippen MR) is 83.7 cm³/mol. The summed E-state index contributed by atoms with van der Waals surface area (Å²) in [4.78, 5) is 10.5. The zero-order chi connectivity index (χ0) is 15.8. The maximum atomic E-state index is 11.0. The zero-order valence-electron chi connectivity index (χ0n) is 12.6. The van der Waals surface area contributed by atoms with E-state index >= 15 is 0 Å². The molecule has 1 N–H and O–H groups in total. The van der Waals surface area contributed by atoms with E-state index in [1.165, 1.54) is 37.5 Å². The number of ether oxygens (including phenoxy) is 1. The molecule has 22 heavy (non-hydrogen) atoms. The Labute approximate surface area is 130 Å². The summed E-state index contributed by atoms with van der Waals surface area (Å²) in [7, 11) is 0. The lowest BCUT2D eigenvalue weighted by Crippen LogP contribution is -2.18. The molecule has 0 saturated heterocycles. The second kappa shape index (κ2) is 8.35. The van der Waals surface area contributed by atoms with Crippen LogP contribution in [-0.4, -0.2) is 24.2 Å². The maximum Gasteiger partial charge on any atom is 0.292 e. The van der Waals surface area contributed by atoms with Crippen LogP contribution in [0.5, 0.6) is 0 Å². The molecule has 1 fully saturated rings. The molecule has 0 spiro atoms. The van der Waals surface area contributed by atoms with E-state index < -0.39 is 4.92 Å². The van der Waals surface area contributed by atoms with E-state index in [9.17, 15) is 10.1 Å². The molecule has 118 valence electrons. The Morgan fingerprint density at radius 2 is 2.14 bits per heavy atom. The zero-order valence-corrected chi connectivity index (χ0v) is 12.6. The van der Waals surface area contributed by atoms with Crippen molar-refractivity contribution in [3.63, 3.8) is 0 Å². The Morgan fingerprint density at radius 3 is 2.82 bits per heavy atom. The third kappa shape index (κ3) is 4.71. The van der Waals surface area contributed by atoms with Gasteiger partial charge in [0.15, 0.2) is 0 Å². The van der Waals surface area contributed by atoms with E-state index in [1.54, 1.807) is 0 Å². The molecule has 0 radical (unpaired) electrons. The highest BCUT2D eigenvalue weighted by Crippen LogP contribution is 2.25. The number of nitrogens with zero attached hydrogens (tertiary/aromatic N) is 2. The van der Waals surface area contributed by atoms with Gasteiger partial charge in [0.1, 0.15) is 5.69 Å².